The number of halogens is 2. The van der Waals surface area contributed by atoms with Crippen LogP contribution in [0.5, 0.6) is 0 Å². The Morgan fingerprint density at radius 3 is 2.67 bits per heavy atom. The molecule has 12 heavy (non-hydrogen) atoms. The summed E-state index contributed by atoms with van der Waals surface area (Å²) in [4.78, 5) is 10.1. The van der Waals surface area contributed by atoms with Crippen LogP contribution in [-0.2, 0) is 4.79 Å². The summed E-state index contributed by atoms with van der Waals surface area (Å²) in [5.41, 5.74) is 0. The van der Waals surface area contributed by atoms with Crippen molar-refractivity contribution in [3.05, 3.63) is 0 Å². The van der Waals surface area contributed by atoms with Crippen LogP contribution in [0.4, 0.5) is 8.78 Å². The number of nitrogens with one attached hydrogen (secondary N) is 1. The van der Waals surface area contributed by atoms with E-state index < -0.39 is 17.8 Å². The van der Waals surface area contributed by atoms with Crippen LogP contribution in [-0.4, -0.2) is 30.1 Å². The number of carboxylic acid groups (broad SMARTS) is 1. The van der Waals surface area contributed by atoms with E-state index in [2.05, 4.69) is 5.32 Å². The molecule has 1 aliphatic rings. The van der Waals surface area contributed by atoms with Gasteiger partial charge in [0.25, 0.3) is 0 Å². The van der Waals surface area contributed by atoms with Gasteiger partial charge in [-0.3, -0.25) is 0 Å². The predicted octanol–water partition coefficient (Wildman–Crippen LogP) is 0.706. The van der Waals surface area contributed by atoms with Crippen molar-refractivity contribution in [2.24, 2.45) is 5.92 Å². The summed E-state index contributed by atoms with van der Waals surface area (Å²) < 4.78 is 25.6. The van der Waals surface area contributed by atoms with Gasteiger partial charge in [-0.25, -0.2) is 4.79 Å². The van der Waals surface area contributed by atoms with E-state index >= 15 is 0 Å². The van der Waals surface area contributed by atoms with Crippen LogP contribution in [0.15, 0.2) is 0 Å². The first-order chi connectivity index (χ1) is 5.55. The SMILES string of the molecule is O=C(O)C(F)(F)[C@H]1CCCNC1. The molecule has 1 saturated heterocycles. The van der Waals surface area contributed by atoms with E-state index in [1.807, 2.05) is 0 Å². The van der Waals surface area contributed by atoms with Gasteiger partial charge < -0.3 is 10.4 Å². The fourth-order valence-electron chi connectivity index (χ4n) is 1.34. The van der Waals surface area contributed by atoms with Crippen molar-refractivity contribution in [3.63, 3.8) is 0 Å². The highest BCUT2D eigenvalue weighted by Crippen LogP contribution is 2.29. The zero-order valence-electron chi connectivity index (χ0n) is 6.52. The smallest absolute Gasteiger partial charge is 0.374 e. The van der Waals surface area contributed by atoms with Crippen molar-refractivity contribution in [1.82, 2.24) is 5.32 Å². The van der Waals surface area contributed by atoms with E-state index in [0.29, 0.717) is 13.0 Å². The molecule has 0 radical (unpaired) electrons. The van der Waals surface area contributed by atoms with E-state index in [1.54, 1.807) is 0 Å². The predicted molar refractivity (Wildman–Crippen MR) is 38.2 cm³/mol. The Morgan fingerprint density at radius 2 is 2.25 bits per heavy atom. The van der Waals surface area contributed by atoms with Gasteiger partial charge >= 0.3 is 11.9 Å². The van der Waals surface area contributed by atoms with E-state index in [1.165, 1.54) is 0 Å². The Hall–Kier alpha value is -0.710. The highest BCUT2D eigenvalue weighted by molar-refractivity contribution is 5.75. The molecule has 1 rings (SSSR count). The van der Waals surface area contributed by atoms with E-state index in [0.717, 1.165) is 0 Å². The maximum absolute atomic E-state index is 12.8. The van der Waals surface area contributed by atoms with Crippen LogP contribution in [0, 0.1) is 5.92 Å². The molecule has 0 spiro atoms. The molecule has 2 N–H and O–H groups in total. The standard InChI is InChI=1S/C7H11F2NO2/c8-7(9,6(11)12)5-2-1-3-10-4-5/h5,10H,1-4H2,(H,11,12)/t5-/m0/s1. The average molecular weight is 179 g/mol. The summed E-state index contributed by atoms with van der Waals surface area (Å²) in [5.74, 6) is -6.65. The molecule has 0 aromatic heterocycles. The normalized spacial score (nSPS) is 25.3. The molecule has 0 bridgehead atoms. The number of rotatable bonds is 2. The molecule has 1 aliphatic heterocycles. The van der Waals surface area contributed by atoms with Crippen molar-refractivity contribution in [3.8, 4) is 0 Å². The van der Waals surface area contributed by atoms with Gasteiger partial charge in [0, 0.05) is 12.5 Å². The lowest BCUT2D eigenvalue weighted by Crippen LogP contribution is -2.45. The zero-order chi connectivity index (χ0) is 9.19. The molecule has 0 aliphatic carbocycles. The molecular weight excluding hydrogens is 168 g/mol. The van der Waals surface area contributed by atoms with Crippen molar-refractivity contribution < 1.29 is 18.7 Å². The molecule has 0 aromatic rings. The number of hydrogen-bond donors (Lipinski definition) is 2. The Bertz CT molecular complexity index is 178. The van der Waals surface area contributed by atoms with Gasteiger partial charge in [0.05, 0.1) is 0 Å². The van der Waals surface area contributed by atoms with Gasteiger partial charge in [-0.15, -0.1) is 0 Å². The Kier molecular flexibility index (Phi) is 2.62. The lowest BCUT2D eigenvalue weighted by Gasteiger charge is -2.27. The largest absolute Gasteiger partial charge is 0.477 e. The van der Waals surface area contributed by atoms with Crippen LogP contribution in [0.2, 0.25) is 0 Å². The molecule has 0 amide bonds. The second-order valence-electron chi connectivity index (χ2n) is 2.97. The van der Waals surface area contributed by atoms with Crippen LogP contribution in [0.3, 0.4) is 0 Å². The topological polar surface area (TPSA) is 49.3 Å². The number of aliphatic carboxylic acids is 1. The molecule has 70 valence electrons. The van der Waals surface area contributed by atoms with E-state index in [9.17, 15) is 13.6 Å². The number of piperidine rings is 1. The lowest BCUT2D eigenvalue weighted by molar-refractivity contribution is -0.174. The van der Waals surface area contributed by atoms with Crippen LogP contribution >= 0.6 is 0 Å². The maximum atomic E-state index is 12.8. The maximum Gasteiger partial charge on any atom is 0.374 e. The third-order valence-corrected chi connectivity index (χ3v) is 2.09. The minimum Gasteiger partial charge on any atom is -0.477 e. The summed E-state index contributed by atoms with van der Waals surface area (Å²) >= 11 is 0. The Balaban J connectivity index is 2.59. The summed E-state index contributed by atoms with van der Waals surface area (Å²) in [7, 11) is 0. The van der Waals surface area contributed by atoms with Gasteiger partial charge in [-0.1, -0.05) is 0 Å². The molecule has 1 heterocycles. The first-order valence-electron chi connectivity index (χ1n) is 3.87. The Morgan fingerprint density at radius 1 is 1.58 bits per heavy atom. The summed E-state index contributed by atoms with van der Waals surface area (Å²) in [6.07, 6.45) is 0.903. The Labute approximate surface area is 68.8 Å². The summed E-state index contributed by atoms with van der Waals surface area (Å²) in [6, 6.07) is 0. The van der Waals surface area contributed by atoms with Crippen molar-refractivity contribution in [2.45, 2.75) is 18.8 Å². The van der Waals surface area contributed by atoms with Gasteiger partial charge in [-0.05, 0) is 19.4 Å². The van der Waals surface area contributed by atoms with Gasteiger partial charge in [0.15, 0.2) is 0 Å². The molecule has 1 fully saturated rings. The van der Waals surface area contributed by atoms with Gasteiger partial charge in [0.1, 0.15) is 0 Å². The fraction of sp³-hybridized carbons (Fsp3) is 0.857. The highest BCUT2D eigenvalue weighted by Gasteiger charge is 2.47. The van der Waals surface area contributed by atoms with Crippen molar-refractivity contribution in [2.75, 3.05) is 13.1 Å². The average Bonchev–Trinajstić information content (AvgIpc) is 2.06. The number of hydrogen-bond acceptors (Lipinski definition) is 2. The monoisotopic (exact) mass is 179 g/mol. The van der Waals surface area contributed by atoms with Crippen LogP contribution in [0.25, 0.3) is 0 Å². The zero-order valence-corrected chi connectivity index (χ0v) is 6.52. The number of alkyl halides is 2. The number of carboxylic acids is 1. The van der Waals surface area contributed by atoms with Gasteiger partial charge in [0.2, 0.25) is 0 Å². The van der Waals surface area contributed by atoms with Crippen molar-refractivity contribution in [1.29, 1.82) is 0 Å². The minimum atomic E-state index is -3.58. The van der Waals surface area contributed by atoms with Crippen molar-refractivity contribution >= 4 is 5.97 Å². The van der Waals surface area contributed by atoms with E-state index in [4.69, 9.17) is 5.11 Å². The second-order valence-corrected chi connectivity index (χ2v) is 2.97. The molecule has 5 heteroatoms. The quantitative estimate of drug-likeness (QED) is 0.656. The minimum absolute atomic E-state index is 0.0965. The first kappa shape index (κ1) is 9.38. The van der Waals surface area contributed by atoms with Gasteiger partial charge in [-0.2, -0.15) is 8.78 Å². The third kappa shape index (κ3) is 1.72. The second kappa shape index (κ2) is 3.35. The third-order valence-electron chi connectivity index (χ3n) is 2.09. The summed E-state index contributed by atoms with van der Waals surface area (Å²) in [5, 5.41) is 11.0. The first-order valence-corrected chi connectivity index (χ1v) is 3.87. The van der Waals surface area contributed by atoms with Crippen LogP contribution < -0.4 is 5.32 Å². The molecule has 3 nitrogen and oxygen atoms in total. The van der Waals surface area contributed by atoms with Crippen LogP contribution in [0.1, 0.15) is 12.8 Å². The highest BCUT2D eigenvalue weighted by atomic mass is 19.3. The fourth-order valence-corrected chi connectivity index (χ4v) is 1.34. The van der Waals surface area contributed by atoms with E-state index in [-0.39, 0.29) is 13.0 Å². The molecule has 1 atom stereocenters. The lowest BCUT2D eigenvalue weighted by atomic mass is 9.93. The summed E-state index contributed by atoms with van der Waals surface area (Å²) in [6.45, 7) is 0.797. The molecule has 0 unspecified atom stereocenters. The number of carbonyl (C=O) groups is 1. The molecule has 0 aromatic carbocycles. The molecular formula is C7H11F2NO2. The molecule has 0 saturated carbocycles.